The van der Waals surface area contributed by atoms with Gasteiger partial charge < -0.3 is 5.32 Å². The van der Waals surface area contributed by atoms with Crippen molar-refractivity contribution >= 4 is 0 Å². The highest BCUT2D eigenvalue weighted by atomic mass is 19.1. The predicted octanol–water partition coefficient (Wildman–Crippen LogP) is 3.81. The molecule has 0 saturated carbocycles. The highest BCUT2D eigenvalue weighted by Gasteiger charge is 2.39. The topological polar surface area (TPSA) is 15.3 Å². The minimum absolute atomic E-state index is 0.0850. The maximum Gasteiger partial charge on any atom is 0.127 e. The van der Waals surface area contributed by atoms with Crippen molar-refractivity contribution in [1.29, 1.82) is 0 Å². The Bertz CT molecular complexity index is 454. The van der Waals surface area contributed by atoms with Crippen molar-refractivity contribution in [3.05, 3.63) is 35.6 Å². The van der Waals surface area contributed by atoms with E-state index in [0.717, 1.165) is 31.5 Å². The lowest BCUT2D eigenvalue weighted by Gasteiger charge is -2.50. The van der Waals surface area contributed by atoms with Crippen LogP contribution in [0.4, 0.5) is 4.39 Å². The van der Waals surface area contributed by atoms with Crippen molar-refractivity contribution < 1.29 is 4.39 Å². The zero-order chi connectivity index (χ0) is 15.5. The van der Waals surface area contributed by atoms with Crippen LogP contribution in [0.2, 0.25) is 0 Å². The molecule has 1 heterocycles. The normalized spacial score (nSPS) is 22.7. The third-order valence-electron chi connectivity index (χ3n) is 5.22. The summed E-state index contributed by atoms with van der Waals surface area (Å²) in [6.07, 6.45) is 2.19. The fraction of sp³-hybridized carbons (Fsp3) is 0.667. The maximum atomic E-state index is 14.0. The Morgan fingerprint density at radius 1 is 1.29 bits per heavy atom. The molecule has 0 aromatic heterocycles. The molecule has 1 unspecified atom stereocenters. The number of piperazine rings is 1. The van der Waals surface area contributed by atoms with E-state index < -0.39 is 0 Å². The first-order valence-electron chi connectivity index (χ1n) is 8.24. The maximum absolute atomic E-state index is 14.0. The van der Waals surface area contributed by atoms with Gasteiger partial charge in [0.2, 0.25) is 0 Å². The summed E-state index contributed by atoms with van der Waals surface area (Å²) in [6.45, 7) is 11.7. The molecule has 1 aromatic carbocycles. The Balaban J connectivity index is 2.23. The van der Waals surface area contributed by atoms with Gasteiger partial charge in [-0.3, -0.25) is 4.90 Å². The minimum atomic E-state index is -0.0850. The van der Waals surface area contributed by atoms with Gasteiger partial charge in [0.05, 0.1) is 0 Å². The molecular formula is C18H29FN2. The van der Waals surface area contributed by atoms with Crippen LogP contribution in [0.15, 0.2) is 24.3 Å². The molecule has 3 heteroatoms. The van der Waals surface area contributed by atoms with Crippen molar-refractivity contribution in [2.24, 2.45) is 5.92 Å². The SMILES string of the molecule is CCC1(CC)CNC(C(C)C)CN1Cc1ccccc1F. The van der Waals surface area contributed by atoms with Gasteiger partial charge in [-0.25, -0.2) is 4.39 Å². The van der Waals surface area contributed by atoms with Gasteiger partial charge in [-0.1, -0.05) is 45.9 Å². The molecule has 2 nitrogen and oxygen atoms in total. The molecule has 0 spiro atoms. The lowest BCUT2D eigenvalue weighted by molar-refractivity contribution is 0.0148. The van der Waals surface area contributed by atoms with Crippen molar-refractivity contribution in [2.45, 2.75) is 58.7 Å². The first-order valence-corrected chi connectivity index (χ1v) is 8.24. The standard InChI is InChI=1S/C18H29FN2/c1-5-18(6-2)13-20-17(14(3)4)12-21(18)11-15-9-7-8-10-16(15)19/h7-10,14,17,20H,5-6,11-13H2,1-4H3. The number of hydrogen-bond acceptors (Lipinski definition) is 2. The monoisotopic (exact) mass is 292 g/mol. The van der Waals surface area contributed by atoms with Gasteiger partial charge in [-0.2, -0.15) is 0 Å². The average Bonchev–Trinajstić information content (AvgIpc) is 2.49. The molecular weight excluding hydrogens is 263 g/mol. The molecule has 1 fully saturated rings. The van der Waals surface area contributed by atoms with E-state index in [1.165, 1.54) is 0 Å². The molecule has 0 radical (unpaired) electrons. The fourth-order valence-corrected chi connectivity index (χ4v) is 3.39. The van der Waals surface area contributed by atoms with Gasteiger partial charge in [-0.15, -0.1) is 0 Å². The fourth-order valence-electron chi connectivity index (χ4n) is 3.39. The van der Waals surface area contributed by atoms with Gasteiger partial charge in [0.1, 0.15) is 5.82 Å². The summed E-state index contributed by atoms with van der Waals surface area (Å²) in [4.78, 5) is 2.51. The molecule has 0 bridgehead atoms. The molecule has 1 aliphatic heterocycles. The predicted molar refractivity (Wildman–Crippen MR) is 86.8 cm³/mol. The molecule has 118 valence electrons. The summed E-state index contributed by atoms with van der Waals surface area (Å²) in [7, 11) is 0. The quantitative estimate of drug-likeness (QED) is 0.887. The first-order chi connectivity index (χ1) is 10.0. The molecule has 1 aliphatic rings. The number of hydrogen-bond donors (Lipinski definition) is 1. The van der Waals surface area contributed by atoms with E-state index in [9.17, 15) is 4.39 Å². The number of benzene rings is 1. The molecule has 1 aromatic rings. The Labute approximate surface area is 128 Å². The summed E-state index contributed by atoms with van der Waals surface area (Å²) in [5.41, 5.74) is 0.960. The van der Waals surface area contributed by atoms with Gasteiger partial charge >= 0.3 is 0 Å². The summed E-state index contributed by atoms with van der Waals surface area (Å²) in [5.74, 6) is 0.512. The summed E-state index contributed by atoms with van der Waals surface area (Å²) >= 11 is 0. The molecule has 1 atom stereocenters. The van der Waals surface area contributed by atoms with Crippen LogP contribution in [0.1, 0.15) is 46.1 Å². The Morgan fingerprint density at radius 2 is 1.95 bits per heavy atom. The molecule has 0 amide bonds. The molecule has 1 N–H and O–H groups in total. The van der Waals surface area contributed by atoms with Crippen LogP contribution in [0.5, 0.6) is 0 Å². The van der Waals surface area contributed by atoms with Crippen LogP contribution in [-0.2, 0) is 6.54 Å². The highest BCUT2D eigenvalue weighted by Crippen LogP contribution is 2.30. The van der Waals surface area contributed by atoms with E-state index in [-0.39, 0.29) is 11.4 Å². The van der Waals surface area contributed by atoms with E-state index in [1.54, 1.807) is 12.1 Å². The van der Waals surface area contributed by atoms with Gasteiger partial charge in [0.25, 0.3) is 0 Å². The second-order valence-electron chi connectivity index (χ2n) is 6.63. The van der Waals surface area contributed by atoms with Crippen LogP contribution in [-0.4, -0.2) is 29.6 Å². The molecule has 2 rings (SSSR count). The summed E-state index contributed by atoms with van der Waals surface area (Å²) in [5, 5.41) is 3.71. The molecule has 0 aliphatic carbocycles. The van der Waals surface area contributed by atoms with Crippen molar-refractivity contribution in [1.82, 2.24) is 10.2 Å². The zero-order valence-electron chi connectivity index (χ0n) is 13.8. The van der Waals surface area contributed by atoms with Crippen LogP contribution in [0.25, 0.3) is 0 Å². The second-order valence-corrected chi connectivity index (χ2v) is 6.63. The van der Waals surface area contributed by atoms with Gasteiger partial charge in [-0.05, 0) is 24.8 Å². The van der Waals surface area contributed by atoms with Crippen LogP contribution < -0.4 is 5.32 Å². The van der Waals surface area contributed by atoms with Crippen molar-refractivity contribution in [2.75, 3.05) is 13.1 Å². The average molecular weight is 292 g/mol. The Kier molecular flexibility index (Phi) is 5.39. The largest absolute Gasteiger partial charge is 0.311 e. The van der Waals surface area contributed by atoms with E-state index in [1.807, 2.05) is 12.1 Å². The number of rotatable bonds is 5. The van der Waals surface area contributed by atoms with Crippen molar-refractivity contribution in [3.8, 4) is 0 Å². The van der Waals surface area contributed by atoms with E-state index >= 15 is 0 Å². The van der Waals surface area contributed by atoms with Crippen LogP contribution in [0.3, 0.4) is 0 Å². The Morgan fingerprint density at radius 3 is 2.52 bits per heavy atom. The lowest BCUT2D eigenvalue weighted by Crippen LogP contribution is -2.64. The van der Waals surface area contributed by atoms with Crippen LogP contribution in [0, 0.1) is 11.7 Å². The summed E-state index contributed by atoms with van der Waals surface area (Å²) < 4.78 is 14.0. The third kappa shape index (κ3) is 3.46. The number of nitrogens with zero attached hydrogens (tertiary/aromatic N) is 1. The van der Waals surface area contributed by atoms with Gasteiger partial charge in [0, 0.05) is 36.8 Å². The smallest absolute Gasteiger partial charge is 0.127 e. The summed E-state index contributed by atoms with van der Waals surface area (Å²) in [6, 6.07) is 7.66. The second kappa shape index (κ2) is 6.89. The van der Waals surface area contributed by atoms with E-state index in [0.29, 0.717) is 18.5 Å². The van der Waals surface area contributed by atoms with Crippen molar-refractivity contribution in [3.63, 3.8) is 0 Å². The van der Waals surface area contributed by atoms with E-state index in [2.05, 4.69) is 37.9 Å². The number of nitrogens with one attached hydrogen (secondary N) is 1. The molecule has 1 saturated heterocycles. The third-order valence-corrected chi connectivity index (χ3v) is 5.22. The van der Waals surface area contributed by atoms with Gasteiger partial charge in [0.15, 0.2) is 0 Å². The Hall–Kier alpha value is -0.930. The highest BCUT2D eigenvalue weighted by molar-refractivity contribution is 5.18. The minimum Gasteiger partial charge on any atom is -0.311 e. The lowest BCUT2D eigenvalue weighted by atomic mass is 9.85. The van der Waals surface area contributed by atoms with E-state index in [4.69, 9.17) is 0 Å². The number of halogens is 1. The van der Waals surface area contributed by atoms with Crippen LogP contribution >= 0.6 is 0 Å². The molecule has 21 heavy (non-hydrogen) atoms. The zero-order valence-corrected chi connectivity index (χ0v) is 13.8. The first kappa shape index (κ1) is 16.4.